The largest absolute Gasteiger partial charge is 0.314 e. The lowest BCUT2D eigenvalue weighted by atomic mass is 9.95. The van der Waals surface area contributed by atoms with Crippen LogP contribution in [-0.4, -0.2) is 12.6 Å². The molecule has 1 N–H and O–H groups in total. The molecule has 1 fully saturated rings. The van der Waals surface area contributed by atoms with E-state index in [9.17, 15) is 0 Å². The van der Waals surface area contributed by atoms with Crippen LogP contribution in [-0.2, 0) is 6.42 Å². The van der Waals surface area contributed by atoms with Crippen LogP contribution < -0.4 is 5.32 Å². The maximum absolute atomic E-state index is 8.97. The van der Waals surface area contributed by atoms with E-state index < -0.39 is 0 Å². The van der Waals surface area contributed by atoms with Crippen molar-refractivity contribution in [1.29, 1.82) is 5.26 Å². The Morgan fingerprint density at radius 3 is 2.88 bits per heavy atom. The lowest BCUT2D eigenvalue weighted by molar-refractivity contribution is 0.601. The molecule has 0 aliphatic carbocycles. The van der Waals surface area contributed by atoms with E-state index in [1.54, 1.807) is 0 Å². The number of aryl methyl sites for hydroxylation is 1. The molecule has 0 spiro atoms. The smallest absolute Gasteiger partial charge is 0.0991 e. The van der Waals surface area contributed by atoms with Gasteiger partial charge in [-0.1, -0.05) is 0 Å². The Kier molecular flexibility index (Phi) is 3.26. The van der Waals surface area contributed by atoms with Crippen LogP contribution in [0.15, 0.2) is 12.1 Å². The highest BCUT2D eigenvalue weighted by Crippen LogP contribution is 2.20. The molecule has 84 valence electrons. The van der Waals surface area contributed by atoms with Crippen molar-refractivity contribution in [3.63, 3.8) is 0 Å². The summed E-state index contributed by atoms with van der Waals surface area (Å²) in [6, 6.07) is 6.86. The monoisotopic (exact) mass is 214 g/mol. The van der Waals surface area contributed by atoms with Gasteiger partial charge in [-0.15, -0.1) is 0 Å². The Bertz CT molecular complexity index is 423. The van der Waals surface area contributed by atoms with E-state index in [0.29, 0.717) is 6.04 Å². The Hall–Kier alpha value is -1.33. The SMILES string of the molecule is Cc1cc(C#N)cc(CC2CCCN2)c1C. The van der Waals surface area contributed by atoms with Gasteiger partial charge in [-0.25, -0.2) is 0 Å². The minimum absolute atomic E-state index is 0.604. The maximum atomic E-state index is 8.97. The molecule has 0 saturated carbocycles. The first-order valence-corrected chi connectivity index (χ1v) is 5.94. The lowest BCUT2D eigenvalue weighted by Gasteiger charge is -2.14. The van der Waals surface area contributed by atoms with E-state index in [-0.39, 0.29) is 0 Å². The number of hydrogen-bond acceptors (Lipinski definition) is 2. The predicted molar refractivity (Wildman–Crippen MR) is 65.4 cm³/mol. The van der Waals surface area contributed by atoms with E-state index in [0.717, 1.165) is 18.5 Å². The average molecular weight is 214 g/mol. The quantitative estimate of drug-likeness (QED) is 0.821. The lowest BCUT2D eigenvalue weighted by Crippen LogP contribution is -2.24. The van der Waals surface area contributed by atoms with Gasteiger partial charge in [-0.05, 0) is 68.5 Å². The molecule has 1 saturated heterocycles. The van der Waals surface area contributed by atoms with Crippen molar-refractivity contribution in [1.82, 2.24) is 5.32 Å². The van der Waals surface area contributed by atoms with Gasteiger partial charge in [0.1, 0.15) is 0 Å². The van der Waals surface area contributed by atoms with Crippen LogP contribution in [0.25, 0.3) is 0 Å². The Morgan fingerprint density at radius 1 is 1.44 bits per heavy atom. The molecule has 0 amide bonds. The summed E-state index contributed by atoms with van der Waals surface area (Å²) >= 11 is 0. The first-order chi connectivity index (χ1) is 7.70. The zero-order valence-corrected chi connectivity index (χ0v) is 10.0. The minimum atomic E-state index is 0.604. The van der Waals surface area contributed by atoms with E-state index in [4.69, 9.17) is 5.26 Å². The molecule has 0 bridgehead atoms. The molecule has 1 aromatic rings. The molecular formula is C14H18N2. The third kappa shape index (κ3) is 2.25. The van der Waals surface area contributed by atoms with Gasteiger partial charge in [-0.2, -0.15) is 5.26 Å². The van der Waals surface area contributed by atoms with Crippen molar-refractivity contribution in [3.05, 3.63) is 34.4 Å². The molecule has 0 aromatic heterocycles. The number of nitriles is 1. The van der Waals surface area contributed by atoms with E-state index in [1.807, 2.05) is 12.1 Å². The molecule has 1 aromatic carbocycles. The molecular weight excluding hydrogens is 196 g/mol. The van der Waals surface area contributed by atoms with E-state index in [2.05, 4.69) is 25.2 Å². The molecule has 2 rings (SSSR count). The van der Waals surface area contributed by atoms with Gasteiger partial charge in [-0.3, -0.25) is 0 Å². The molecule has 2 nitrogen and oxygen atoms in total. The van der Waals surface area contributed by atoms with Crippen LogP contribution in [0.5, 0.6) is 0 Å². The molecule has 0 radical (unpaired) electrons. The Labute approximate surface area is 97.3 Å². The summed E-state index contributed by atoms with van der Waals surface area (Å²) < 4.78 is 0. The number of nitrogens with zero attached hydrogens (tertiary/aromatic N) is 1. The normalized spacial score (nSPS) is 19.7. The zero-order valence-electron chi connectivity index (χ0n) is 10.0. The summed E-state index contributed by atoms with van der Waals surface area (Å²) in [5, 5.41) is 12.5. The van der Waals surface area contributed by atoms with Crippen LogP contribution in [0.3, 0.4) is 0 Å². The fraction of sp³-hybridized carbons (Fsp3) is 0.500. The summed E-state index contributed by atoms with van der Waals surface area (Å²) in [7, 11) is 0. The Morgan fingerprint density at radius 2 is 2.25 bits per heavy atom. The third-order valence-corrected chi connectivity index (χ3v) is 3.53. The second kappa shape index (κ2) is 4.67. The topological polar surface area (TPSA) is 35.8 Å². The van der Waals surface area contributed by atoms with E-state index in [1.165, 1.54) is 29.5 Å². The summed E-state index contributed by atoms with van der Waals surface area (Å²) in [5.74, 6) is 0. The standard InChI is InChI=1S/C14H18N2/c1-10-6-12(9-15)7-13(11(10)2)8-14-4-3-5-16-14/h6-7,14,16H,3-5,8H2,1-2H3. The van der Waals surface area contributed by atoms with Crippen molar-refractivity contribution in [2.24, 2.45) is 0 Å². The van der Waals surface area contributed by atoms with Crippen LogP contribution in [0, 0.1) is 25.2 Å². The fourth-order valence-corrected chi connectivity index (χ4v) is 2.41. The van der Waals surface area contributed by atoms with Gasteiger partial charge in [0.2, 0.25) is 0 Å². The highest BCUT2D eigenvalue weighted by atomic mass is 14.9. The van der Waals surface area contributed by atoms with Gasteiger partial charge in [0, 0.05) is 6.04 Å². The number of benzene rings is 1. The predicted octanol–water partition coefficient (Wildman–Crippen LogP) is 2.47. The average Bonchev–Trinajstić information content (AvgIpc) is 2.77. The van der Waals surface area contributed by atoms with E-state index >= 15 is 0 Å². The highest BCUT2D eigenvalue weighted by molar-refractivity contribution is 5.43. The van der Waals surface area contributed by atoms with Crippen LogP contribution >= 0.6 is 0 Å². The summed E-state index contributed by atoms with van der Waals surface area (Å²) in [6.45, 7) is 5.38. The van der Waals surface area contributed by atoms with Crippen molar-refractivity contribution in [3.8, 4) is 6.07 Å². The molecule has 1 atom stereocenters. The molecule has 1 heterocycles. The van der Waals surface area contributed by atoms with Crippen LogP contribution in [0.4, 0.5) is 0 Å². The van der Waals surface area contributed by atoms with Crippen molar-refractivity contribution >= 4 is 0 Å². The molecule has 1 aliphatic heterocycles. The molecule has 1 aliphatic rings. The first-order valence-electron chi connectivity index (χ1n) is 5.94. The number of nitrogens with one attached hydrogen (secondary N) is 1. The number of rotatable bonds is 2. The first kappa shape index (κ1) is 11.2. The summed E-state index contributed by atoms with van der Waals surface area (Å²) in [4.78, 5) is 0. The molecule has 1 unspecified atom stereocenters. The van der Waals surface area contributed by atoms with Crippen LogP contribution in [0.2, 0.25) is 0 Å². The van der Waals surface area contributed by atoms with Gasteiger partial charge < -0.3 is 5.32 Å². The second-order valence-corrected chi connectivity index (χ2v) is 4.69. The van der Waals surface area contributed by atoms with Crippen molar-refractivity contribution in [2.75, 3.05) is 6.54 Å². The third-order valence-electron chi connectivity index (χ3n) is 3.53. The van der Waals surface area contributed by atoms with Crippen LogP contribution in [0.1, 0.15) is 35.1 Å². The van der Waals surface area contributed by atoms with Gasteiger partial charge >= 0.3 is 0 Å². The molecule has 2 heteroatoms. The molecule has 16 heavy (non-hydrogen) atoms. The zero-order chi connectivity index (χ0) is 11.5. The second-order valence-electron chi connectivity index (χ2n) is 4.69. The summed E-state index contributed by atoms with van der Waals surface area (Å²) in [6.07, 6.45) is 3.60. The maximum Gasteiger partial charge on any atom is 0.0991 e. The summed E-state index contributed by atoms with van der Waals surface area (Å²) in [5.41, 5.74) is 4.69. The van der Waals surface area contributed by atoms with Gasteiger partial charge in [0.25, 0.3) is 0 Å². The van der Waals surface area contributed by atoms with Gasteiger partial charge in [0.15, 0.2) is 0 Å². The minimum Gasteiger partial charge on any atom is -0.314 e. The van der Waals surface area contributed by atoms with Crippen molar-refractivity contribution in [2.45, 2.75) is 39.2 Å². The fourth-order valence-electron chi connectivity index (χ4n) is 2.41. The van der Waals surface area contributed by atoms with Crippen molar-refractivity contribution < 1.29 is 0 Å². The Balaban J connectivity index is 2.25. The van der Waals surface area contributed by atoms with Gasteiger partial charge in [0.05, 0.1) is 11.6 Å². The number of hydrogen-bond donors (Lipinski definition) is 1. The highest BCUT2D eigenvalue weighted by Gasteiger charge is 2.16.